The number of fused-ring (bicyclic) bond motifs is 1. The second kappa shape index (κ2) is 5.46. The van der Waals surface area contributed by atoms with E-state index in [9.17, 15) is 4.79 Å². The van der Waals surface area contributed by atoms with Crippen LogP contribution in [0.15, 0.2) is 34.9 Å². The molecule has 20 heavy (non-hydrogen) atoms. The minimum absolute atomic E-state index is 0.00941. The molecule has 3 rings (SSSR count). The number of anilines is 1. The second-order valence-corrected chi connectivity index (χ2v) is 5.05. The van der Waals surface area contributed by atoms with Crippen LogP contribution in [0.2, 0.25) is 0 Å². The summed E-state index contributed by atoms with van der Waals surface area (Å²) in [5.41, 5.74) is 2.92. The van der Waals surface area contributed by atoms with Gasteiger partial charge >= 0.3 is 0 Å². The van der Waals surface area contributed by atoms with Crippen molar-refractivity contribution in [3.63, 3.8) is 0 Å². The van der Waals surface area contributed by atoms with Crippen LogP contribution in [0.25, 0.3) is 0 Å². The van der Waals surface area contributed by atoms with E-state index in [2.05, 4.69) is 21.9 Å². The minimum atomic E-state index is -0.209. The first-order valence-electron chi connectivity index (χ1n) is 6.77. The fourth-order valence-electron chi connectivity index (χ4n) is 2.43. The van der Waals surface area contributed by atoms with Crippen molar-refractivity contribution in [1.29, 1.82) is 0 Å². The molecule has 1 amide bonds. The van der Waals surface area contributed by atoms with Crippen molar-refractivity contribution < 1.29 is 9.32 Å². The SMILES string of the molecule is Cc1cc(CNC2CCc3ccccc3NC2=O)no1. The van der Waals surface area contributed by atoms with Crippen LogP contribution < -0.4 is 10.6 Å². The van der Waals surface area contributed by atoms with Gasteiger partial charge in [0, 0.05) is 18.3 Å². The maximum absolute atomic E-state index is 12.2. The van der Waals surface area contributed by atoms with Crippen molar-refractivity contribution in [2.75, 3.05) is 5.32 Å². The van der Waals surface area contributed by atoms with Gasteiger partial charge in [-0.1, -0.05) is 23.4 Å². The predicted octanol–water partition coefficient (Wildman–Crippen LogP) is 2.03. The van der Waals surface area contributed by atoms with Gasteiger partial charge in [-0.2, -0.15) is 0 Å². The van der Waals surface area contributed by atoms with Gasteiger partial charge in [0.2, 0.25) is 5.91 Å². The highest BCUT2D eigenvalue weighted by molar-refractivity contribution is 5.96. The van der Waals surface area contributed by atoms with E-state index in [1.165, 1.54) is 5.56 Å². The van der Waals surface area contributed by atoms with E-state index in [0.29, 0.717) is 6.54 Å². The van der Waals surface area contributed by atoms with Gasteiger partial charge in [-0.25, -0.2) is 0 Å². The number of amides is 1. The van der Waals surface area contributed by atoms with E-state index < -0.39 is 0 Å². The lowest BCUT2D eigenvalue weighted by Gasteiger charge is -2.13. The third kappa shape index (κ3) is 2.72. The Hall–Kier alpha value is -2.14. The van der Waals surface area contributed by atoms with Crippen LogP contribution in [0, 0.1) is 6.92 Å². The number of nitrogens with zero attached hydrogens (tertiary/aromatic N) is 1. The summed E-state index contributed by atoms with van der Waals surface area (Å²) in [5, 5.41) is 10.1. The van der Waals surface area contributed by atoms with Crippen molar-refractivity contribution in [1.82, 2.24) is 10.5 Å². The Kier molecular flexibility index (Phi) is 3.52. The summed E-state index contributed by atoms with van der Waals surface area (Å²) in [4.78, 5) is 12.2. The summed E-state index contributed by atoms with van der Waals surface area (Å²) in [5.74, 6) is 0.787. The normalized spacial score (nSPS) is 18.2. The molecule has 0 fully saturated rings. The molecule has 1 aliphatic heterocycles. The van der Waals surface area contributed by atoms with Gasteiger partial charge in [-0.05, 0) is 31.4 Å². The maximum Gasteiger partial charge on any atom is 0.241 e. The molecule has 104 valence electrons. The Labute approximate surface area is 117 Å². The smallest absolute Gasteiger partial charge is 0.241 e. The first kappa shape index (κ1) is 12.9. The average Bonchev–Trinajstić information content (AvgIpc) is 2.78. The van der Waals surface area contributed by atoms with Gasteiger partial charge < -0.3 is 15.2 Å². The molecule has 1 aromatic carbocycles. The maximum atomic E-state index is 12.2. The topological polar surface area (TPSA) is 67.2 Å². The molecule has 5 nitrogen and oxygen atoms in total. The van der Waals surface area contributed by atoms with Gasteiger partial charge in [0.05, 0.1) is 11.7 Å². The van der Waals surface area contributed by atoms with Crippen molar-refractivity contribution in [2.24, 2.45) is 0 Å². The molecule has 1 atom stereocenters. The zero-order valence-corrected chi connectivity index (χ0v) is 11.3. The van der Waals surface area contributed by atoms with Gasteiger partial charge in [0.15, 0.2) is 0 Å². The summed E-state index contributed by atoms with van der Waals surface area (Å²) >= 11 is 0. The highest BCUT2D eigenvalue weighted by Gasteiger charge is 2.23. The summed E-state index contributed by atoms with van der Waals surface area (Å²) in [6.45, 7) is 2.39. The number of aryl methyl sites for hydroxylation is 2. The van der Waals surface area contributed by atoms with Crippen LogP contribution in [-0.2, 0) is 17.8 Å². The molecule has 0 spiro atoms. The quantitative estimate of drug-likeness (QED) is 0.896. The lowest BCUT2D eigenvalue weighted by molar-refractivity contribution is -0.118. The van der Waals surface area contributed by atoms with E-state index >= 15 is 0 Å². The lowest BCUT2D eigenvalue weighted by Crippen LogP contribution is -2.39. The van der Waals surface area contributed by atoms with Gasteiger partial charge in [0.25, 0.3) is 0 Å². The number of hydrogen-bond donors (Lipinski definition) is 2. The van der Waals surface area contributed by atoms with Crippen LogP contribution >= 0.6 is 0 Å². The lowest BCUT2D eigenvalue weighted by atomic mass is 10.1. The molecular formula is C15H17N3O2. The second-order valence-electron chi connectivity index (χ2n) is 5.05. The molecule has 1 aromatic heterocycles. The van der Waals surface area contributed by atoms with Crippen LogP contribution in [0.1, 0.15) is 23.4 Å². The Morgan fingerprint density at radius 2 is 2.30 bits per heavy atom. The molecule has 0 saturated carbocycles. The molecule has 2 N–H and O–H groups in total. The summed E-state index contributed by atoms with van der Waals surface area (Å²) in [6.07, 6.45) is 1.66. The minimum Gasteiger partial charge on any atom is -0.361 e. The molecule has 0 radical (unpaired) electrons. The number of para-hydroxylation sites is 1. The number of rotatable bonds is 3. The summed E-state index contributed by atoms with van der Waals surface area (Å²) < 4.78 is 5.02. The Morgan fingerprint density at radius 1 is 1.45 bits per heavy atom. The summed E-state index contributed by atoms with van der Waals surface area (Å²) in [6, 6.07) is 9.59. The molecule has 5 heteroatoms. The molecule has 2 aromatic rings. The number of hydrogen-bond acceptors (Lipinski definition) is 4. The third-order valence-corrected chi connectivity index (χ3v) is 3.50. The first-order valence-corrected chi connectivity index (χ1v) is 6.77. The highest BCUT2D eigenvalue weighted by atomic mass is 16.5. The van der Waals surface area contributed by atoms with Crippen molar-refractivity contribution in [3.8, 4) is 0 Å². The Balaban J connectivity index is 1.65. The fourth-order valence-corrected chi connectivity index (χ4v) is 2.43. The van der Waals surface area contributed by atoms with Crippen LogP contribution in [-0.4, -0.2) is 17.1 Å². The van der Waals surface area contributed by atoms with E-state index in [-0.39, 0.29) is 11.9 Å². The van der Waals surface area contributed by atoms with E-state index in [1.54, 1.807) is 0 Å². The molecule has 1 aliphatic rings. The first-order chi connectivity index (χ1) is 9.72. The zero-order valence-electron chi connectivity index (χ0n) is 11.3. The van der Waals surface area contributed by atoms with Crippen molar-refractivity contribution in [2.45, 2.75) is 32.4 Å². The molecular weight excluding hydrogens is 254 g/mol. The number of benzene rings is 1. The molecule has 2 heterocycles. The van der Waals surface area contributed by atoms with Crippen molar-refractivity contribution >= 4 is 11.6 Å². The molecule has 0 bridgehead atoms. The van der Waals surface area contributed by atoms with Crippen LogP contribution in [0.5, 0.6) is 0 Å². The highest BCUT2D eigenvalue weighted by Crippen LogP contribution is 2.21. The molecule has 1 unspecified atom stereocenters. The fraction of sp³-hybridized carbons (Fsp3) is 0.333. The van der Waals surface area contributed by atoms with Crippen LogP contribution in [0.3, 0.4) is 0 Å². The zero-order chi connectivity index (χ0) is 13.9. The standard InChI is InChI=1S/C15H17N3O2/c1-10-8-12(18-20-10)9-16-14-7-6-11-4-2-3-5-13(11)17-15(14)19/h2-5,8,14,16H,6-7,9H2,1H3,(H,17,19). The Morgan fingerprint density at radius 3 is 3.10 bits per heavy atom. The predicted molar refractivity (Wildman–Crippen MR) is 75.3 cm³/mol. The van der Waals surface area contributed by atoms with Gasteiger partial charge in [-0.3, -0.25) is 4.79 Å². The number of carbonyl (C=O) groups is 1. The number of carbonyl (C=O) groups excluding carboxylic acids is 1. The molecule has 0 aliphatic carbocycles. The van der Waals surface area contributed by atoms with E-state index in [4.69, 9.17) is 4.52 Å². The third-order valence-electron chi connectivity index (χ3n) is 3.50. The monoisotopic (exact) mass is 271 g/mol. The summed E-state index contributed by atoms with van der Waals surface area (Å²) in [7, 11) is 0. The van der Waals surface area contributed by atoms with Gasteiger partial charge in [-0.15, -0.1) is 0 Å². The molecule has 0 saturated heterocycles. The average molecular weight is 271 g/mol. The number of aromatic nitrogens is 1. The Bertz CT molecular complexity index is 621. The number of nitrogens with one attached hydrogen (secondary N) is 2. The largest absolute Gasteiger partial charge is 0.361 e. The van der Waals surface area contributed by atoms with Gasteiger partial charge in [0.1, 0.15) is 5.76 Å². The van der Waals surface area contributed by atoms with E-state index in [0.717, 1.165) is 30.0 Å². The van der Waals surface area contributed by atoms with Crippen LogP contribution in [0.4, 0.5) is 5.69 Å². The van der Waals surface area contributed by atoms with E-state index in [1.807, 2.05) is 31.2 Å². The van der Waals surface area contributed by atoms with Crippen molar-refractivity contribution in [3.05, 3.63) is 47.3 Å².